The lowest BCUT2D eigenvalue weighted by Gasteiger charge is -2.16. The molecule has 2 rings (SSSR count). The average Bonchev–Trinajstić information content (AvgIpc) is 2.73. The van der Waals surface area contributed by atoms with Crippen LogP contribution in [0.5, 0.6) is 0 Å². The van der Waals surface area contributed by atoms with E-state index in [1.807, 2.05) is 14.1 Å². The van der Waals surface area contributed by atoms with Crippen LogP contribution < -0.4 is 11.1 Å². The second-order valence-electron chi connectivity index (χ2n) is 5.11. The van der Waals surface area contributed by atoms with Gasteiger partial charge in [0.2, 0.25) is 5.91 Å². The zero-order chi connectivity index (χ0) is 13.1. The van der Waals surface area contributed by atoms with Crippen LogP contribution >= 0.6 is 0 Å². The van der Waals surface area contributed by atoms with Gasteiger partial charge in [-0.3, -0.25) is 4.79 Å². The number of likely N-dealkylation sites (tertiary alicyclic amines) is 1. The molecule has 0 aliphatic carbocycles. The van der Waals surface area contributed by atoms with Crippen molar-refractivity contribution >= 4 is 5.91 Å². The summed E-state index contributed by atoms with van der Waals surface area (Å²) < 4.78 is 0. The molecule has 1 aromatic carbocycles. The van der Waals surface area contributed by atoms with Gasteiger partial charge in [-0.25, -0.2) is 0 Å². The molecule has 18 heavy (non-hydrogen) atoms. The third-order valence-corrected chi connectivity index (χ3v) is 3.66. The van der Waals surface area contributed by atoms with Gasteiger partial charge < -0.3 is 16.0 Å². The van der Waals surface area contributed by atoms with Crippen molar-refractivity contribution in [3.05, 3.63) is 35.4 Å². The first-order chi connectivity index (χ1) is 8.61. The van der Waals surface area contributed by atoms with E-state index >= 15 is 0 Å². The smallest absolute Gasteiger partial charge is 0.222 e. The van der Waals surface area contributed by atoms with Gasteiger partial charge in [-0.15, -0.1) is 0 Å². The lowest BCUT2D eigenvalue weighted by Crippen LogP contribution is -2.28. The minimum atomic E-state index is -0.191. The Hall–Kier alpha value is -1.39. The normalized spacial score (nSPS) is 24.3. The van der Waals surface area contributed by atoms with E-state index in [1.54, 1.807) is 0 Å². The standard InChI is InChI=1S/C14H21N3O/c1-16-7-10-3-5-11(6-4-10)12-8-17(2)9-13(12)14(15)18/h3-6,12-13,16H,7-9H2,1-2H3,(H2,15,18)/t12-,13-/m0/s1. The number of nitrogens with one attached hydrogen (secondary N) is 1. The van der Waals surface area contributed by atoms with Gasteiger partial charge in [0.15, 0.2) is 0 Å². The number of primary amides is 1. The molecule has 0 aromatic heterocycles. The molecule has 4 nitrogen and oxygen atoms in total. The zero-order valence-corrected chi connectivity index (χ0v) is 11.0. The molecular weight excluding hydrogens is 226 g/mol. The highest BCUT2D eigenvalue weighted by Crippen LogP contribution is 2.31. The second kappa shape index (κ2) is 5.50. The second-order valence-corrected chi connectivity index (χ2v) is 5.11. The minimum absolute atomic E-state index is 0.0647. The highest BCUT2D eigenvalue weighted by Gasteiger charge is 2.35. The third-order valence-electron chi connectivity index (χ3n) is 3.66. The SMILES string of the molecule is CNCc1ccc([C@@H]2CN(C)C[C@@H]2C(N)=O)cc1. The molecule has 1 amide bonds. The van der Waals surface area contributed by atoms with Crippen molar-refractivity contribution in [2.75, 3.05) is 27.2 Å². The number of nitrogens with two attached hydrogens (primary N) is 1. The lowest BCUT2D eigenvalue weighted by atomic mass is 9.88. The Kier molecular flexibility index (Phi) is 3.99. The van der Waals surface area contributed by atoms with Crippen LogP contribution in [-0.2, 0) is 11.3 Å². The molecule has 0 saturated carbocycles. The summed E-state index contributed by atoms with van der Waals surface area (Å²) in [6, 6.07) is 8.46. The summed E-state index contributed by atoms with van der Waals surface area (Å²) in [5, 5.41) is 3.12. The molecule has 3 N–H and O–H groups in total. The fraction of sp³-hybridized carbons (Fsp3) is 0.500. The van der Waals surface area contributed by atoms with E-state index in [9.17, 15) is 4.79 Å². The summed E-state index contributed by atoms with van der Waals surface area (Å²) in [5.41, 5.74) is 7.95. The number of nitrogens with zero attached hydrogens (tertiary/aromatic N) is 1. The van der Waals surface area contributed by atoms with Crippen molar-refractivity contribution in [2.45, 2.75) is 12.5 Å². The van der Waals surface area contributed by atoms with Crippen molar-refractivity contribution in [1.82, 2.24) is 10.2 Å². The molecule has 1 saturated heterocycles. The number of rotatable bonds is 4. The average molecular weight is 247 g/mol. The number of benzene rings is 1. The Labute approximate surface area is 108 Å². The molecule has 4 heteroatoms. The predicted molar refractivity (Wildman–Crippen MR) is 72.1 cm³/mol. The Morgan fingerprint density at radius 1 is 1.39 bits per heavy atom. The molecule has 1 aliphatic rings. The fourth-order valence-electron chi connectivity index (χ4n) is 2.71. The number of likely N-dealkylation sites (N-methyl/N-ethyl adjacent to an activating group) is 1. The maximum absolute atomic E-state index is 11.5. The quantitative estimate of drug-likeness (QED) is 0.816. The van der Waals surface area contributed by atoms with Crippen molar-refractivity contribution in [1.29, 1.82) is 0 Å². The van der Waals surface area contributed by atoms with E-state index in [4.69, 9.17) is 5.73 Å². The van der Waals surface area contributed by atoms with Gasteiger partial charge in [0.05, 0.1) is 5.92 Å². The molecule has 1 aromatic rings. The van der Waals surface area contributed by atoms with E-state index in [0.29, 0.717) is 0 Å². The summed E-state index contributed by atoms with van der Waals surface area (Å²) in [5.74, 6) is -0.0232. The molecule has 0 radical (unpaired) electrons. The first-order valence-corrected chi connectivity index (χ1v) is 6.33. The van der Waals surface area contributed by atoms with Crippen molar-refractivity contribution in [3.63, 3.8) is 0 Å². The Morgan fingerprint density at radius 3 is 2.61 bits per heavy atom. The molecule has 0 bridgehead atoms. The van der Waals surface area contributed by atoms with Gasteiger partial charge in [-0.05, 0) is 25.2 Å². The van der Waals surface area contributed by atoms with Crippen LogP contribution in [-0.4, -0.2) is 38.0 Å². The van der Waals surface area contributed by atoms with Gasteiger partial charge in [0, 0.05) is 25.6 Å². The van der Waals surface area contributed by atoms with Crippen LogP contribution in [0, 0.1) is 5.92 Å². The maximum Gasteiger partial charge on any atom is 0.222 e. The van der Waals surface area contributed by atoms with Gasteiger partial charge in [0.1, 0.15) is 0 Å². The molecule has 0 spiro atoms. The highest BCUT2D eigenvalue weighted by molar-refractivity contribution is 5.78. The third kappa shape index (κ3) is 2.71. The van der Waals surface area contributed by atoms with Gasteiger partial charge in [-0.2, -0.15) is 0 Å². The molecule has 98 valence electrons. The number of amides is 1. The summed E-state index contributed by atoms with van der Waals surface area (Å²) in [4.78, 5) is 13.7. The van der Waals surface area contributed by atoms with E-state index in [0.717, 1.165) is 19.6 Å². The van der Waals surface area contributed by atoms with E-state index in [2.05, 4.69) is 34.5 Å². The molecule has 1 heterocycles. The van der Waals surface area contributed by atoms with Crippen molar-refractivity contribution in [3.8, 4) is 0 Å². The number of carbonyl (C=O) groups is 1. The molecule has 2 atom stereocenters. The molecular formula is C14H21N3O. The summed E-state index contributed by atoms with van der Waals surface area (Å²) in [7, 11) is 3.97. The number of hydrogen-bond acceptors (Lipinski definition) is 3. The predicted octanol–water partition coefficient (Wildman–Crippen LogP) is 0.537. The maximum atomic E-state index is 11.5. The van der Waals surface area contributed by atoms with Crippen LogP contribution in [0.1, 0.15) is 17.0 Å². The van der Waals surface area contributed by atoms with E-state index in [-0.39, 0.29) is 17.7 Å². The Morgan fingerprint density at radius 2 is 2.06 bits per heavy atom. The first-order valence-electron chi connectivity index (χ1n) is 6.33. The van der Waals surface area contributed by atoms with Crippen molar-refractivity contribution in [2.24, 2.45) is 11.7 Å². The Bertz CT molecular complexity index is 416. The first kappa shape index (κ1) is 13.1. The van der Waals surface area contributed by atoms with Crippen LogP contribution in [0.2, 0.25) is 0 Å². The van der Waals surface area contributed by atoms with E-state index < -0.39 is 0 Å². The molecule has 1 fully saturated rings. The lowest BCUT2D eigenvalue weighted by molar-refractivity contribution is -0.121. The minimum Gasteiger partial charge on any atom is -0.369 e. The van der Waals surface area contributed by atoms with Crippen LogP contribution in [0.15, 0.2) is 24.3 Å². The highest BCUT2D eigenvalue weighted by atomic mass is 16.1. The topological polar surface area (TPSA) is 58.4 Å². The van der Waals surface area contributed by atoms with Crippen LogP contribution in [0.4, 0.5) is 0 Å². The zero-order valence-electron chi connectivity index (χ0n) is 11.0. The molecule has 1 aliphatic heterocycles. The summed E-state index contributed by atoms with van der Waals surface area (Å²) >= 11 is 0. The van der Waals surface area contributed by atoms with Gasteiger partial charge >= 0.3 is 0 Å². The van der Waals surface area contributed by atoms with Crippen LogP contribution in [0.25, 0.3) is 0 Å². The molecule has 0 unspecified atom stereocenters. The van der Waals surface area contributed by atoms with Gasteiger partial charge in [-0.1, -0.05) is 24.3 Å². The monoisotopic (exact) mass is 247 g/mol. The fourth-order valence-corrected chi connectivity index (χ4v) is 2.71. The number of hydrogen-bond donors (Lipinski definition) is 2. The summed E-state index contributed by atoms with van der Waals surface area (Å²) in [6.07, 6.45) is 0. The van der Waals surface area contributed by atoms with Crippen molar-refractivity contribution < 1.29 is 4.79 Å². The largest absolute Gasteiger partial charge is 0.369 e. The summed E-state index contributed by atoms with van der Waals surface area (Å²) in [6.45, 7) is 2.53. The van der Waals surface area contributed by atoms with Crippen LogP contribution in [0.3, 0.4) is 0 Å². The number of carbonyl (C=O) groups excluding carboxylic acids is 1. The van der Waals surface area contributed by atoms with E-state index in [1.165, 1.54) is 11.1 Å². The Balaban J connectivity index is 2.16. The van der Waals surface area contributed by atoms with Gasteiger partial charge in [0.25, 0.3) is 0 Å².